The smallest absolute Gasteiger partial charge is 0.226 e. The predicted molar refractivity (Wildman–Crippen MR) is 99.7 cm³/mol. The lowest BCUT2D eigenvalue weighted by atomic mass is 9.77. The molecule has 1 N–H and O–H groups in total. The van der Waals surface area contributed by atoms with Gasteiger partial charge in [-0.25, -0.2) is 0 Å². The summed E-state index contributed by atoms with van der Waals surface area (Å²) in [6.07, 6.45) is 8.39. The summed E-state index contributed by atoms with van der Waals surface area (Å²) in [4.78, 5) is 17.9. The van der Waals surface area contributed by atoms with Gasteiger partial charge in [-0.1, -0.05) is 19.3 Å². The second-order valence-electron chi connectivity index (χ2n) is 7.59. The molecule has 0 aromatic carbocycles. The number of rotatable bonds is 1. The van der Waals surface area contributed by atoms with Gasteiger partial charge in [0.15, 0.2) is 0 Å². The Balaban J connectivity index is 0.00000132. The van der Waals surface area contributed by atoms with Crippen molar-refractivity contribution in [2.24, 2.45) is 5.92 Å². The third-order valence-corrected chi connectivity index (χ3v) is 5.87. The molecule has 2 heterocycles. The molecule has 23 heavy (non-hydrogen) atoms. The molecule has 1 aliphatic carbocycles. The van der Waals surface area contributed by atoms with Crippen molar-refractivity contribution in [3.05, 3.63) is 0 Å². The highest BCUT2D eigenvalue weighted by atomic mass is 35.5. The topological polar surface area (TPSA) is 35.6 Å². The normalized spacial score (nSPS) is 31.1. The van der Waals surface area contributed by atoms with Crippen LogP contribution in [0.15, 0.2) is 0 Å². The van der Waals surface area contributed by atoms with Gasteiger partial charge in [-0.3, -0.25) is 4.79 Å². The van der Waals surface area contributed by atoms with Gasteiger partial charge >= 0.3 is 0 Å². The Morgan fingerprint density at radius 1 is 1.13 bits per heavy atom. The third kappa shape index (κ3) is 4.53. The quantitative estimate of drug-likeness (QED) is 0.775. The minimum Gasteiger partial charge on any atom is -0.334 e. The molecule has 0 radical (unpaired) electrons. The van der Waals surface area contributed by atoms with Gasteiger partial charge in [0, 0.05) is 31.6 Å². The van der Waals surface area contributed by atoms with Crippen molar-refractivity contribution in [1.29, 1.82) is 0 Å². The molecule has 0 aromatic rings. The summed E-state index contributed by atoms with van der Waals surface area (Å²) in [5, 5.41) is 3.47. The Bertz CT molecular complexity index is 388. The molecular formula is C17H33Cl2N3O. The summed E-state index contributed by atoms with van der Waals surface area (Å²) >= 11 is 0. The Labute approximate surface area is 153 Å². The highest BCUT2D eigenvalue weighted by Crippen LogP contribution is 2.38. The Morgan fingerprint density at radius 2 is 1.83 bits per heavy atom. The van der Waals surface area contributed by atoms with E-state index in [1.807, 2.05) is 0 Å². The van der Waals surface area contributed by atoms with Crippen molar-refractivity contribution < 1.29 is 4.79 Å². The first kappa shape index (κ1) is 21.0. The van der Waals surface area contributed by atoms with Crippen LogP contribution in [0.2, 0.25) is 0 Å². The van der Waals surface area contributed by atoms with Crippen LogP contribution in [0.3, 0.4) is 0 Å². The van der Waals surface area contributed by atoms with Gasteiger partial charge in [0.2, 0.25) is 5.91 Å². The predicted octanol–water partition coefficient (Wildman–Crippen LogP) is 2.70. The average Bonchev–Trinajstić information content (AvgIpc) is 2.47. The average molecular weight is 366 g/mol. The summed E-state index contributed by atoms with van der Waals surface area (Å²) in [5.41, 5.74) is 0.149. The number of piperidine rings is 1. The van der Waals surface area contributed by atoms with Crippen LogP contribution in [0.4, 0.5) is 0 Å². The van der Waals surface area contributed by atoms with Crippen molar-refractivity contribution in [3.63, 3.8) is 0 Å². The second-order valence-corrected chi connectivity index (χ2v) is 7.59. The lowest BCUT2D eigenvalue weighted by Crippen LogP contribution is -2.65. The van der Waals surface area contributed by atoms with E-state index in [1.165, 1.54) is 32.1 Å². The number of halogens is 2. The number of amides is 1. The molecule has 136 valence electrons. The van der Waals surface area contributed by atoms with E-state index in [1.54, 1.807) is 0 Å². The standard InChI is InChI=1S/C17H31N3O.2ClH/c1-14-12-15(6-9-18-14)16(21)20-11-10-19(2)13-17(20)7-4-3-5-8-17;;/h14-15,18H,3-13H2,1-2H3;2*1H/t14-,15-;;/m0../s1. The first-order chi connectivity index (χ1) is 10.1. The van der Waals surface area contributed by atoms with E-state index in [-0.39, 0.29) is 36.3 Å². The first-order valence-electron chi connectivity index (χ1n) is 8.84. The van der Waals surface area contributed by atoms with Crippen LogP contribution in [0.1, 0.15) is 51.9 Å². The number of hydrogen-bond acceptors (Lipinski definition) is 3. The number of likely N-dealkylation sites (N-methyl/N-ethyl adjacent to an activating group) is 1. The molecule has 4 nitrogen and oxygen atoms in total. The molecule has 3 rings (SSSR count). The molecule has 0 bridgehead atoms. The highest BCUT2D eigenvalue weighted by Gasteiger charge is 2.45. The van der Waals surface area contributed by atoms with Gasteiger partial charge in [-0.2, -0.15) is 0 Å². The summed E-state index contributed by atoms with van der Waals surface area (Å²) in [6, 6.07) is 0.488. The second kappa shape index (κ2) is 8.89. The largest absolute Gasteiger partial charge is 0.334 e. The molecule has 0 unspecified atom stereocenters. The zero-order chi connectivity index (χ0) is 14.9. The van der Waals surface area contributed by atoms with Crippen molar-refractivity contribution in [1.82, 2.24) is 15.1 Å². The Hall–Kier alpha value is -0.0300. The molecule has 2 aliphatic heterocycles. The molecule has 3 aliphatic rings. The molecule has 2 atom stereocenters. The first-order valence-corrected chi connectivity index (χ1v) is 8.84. The van der Waals surface area contributed by atoms with E-state index >= 15 is 0 Å². The number of hydrogen-bond donors (Lipinski definition) is 1. The van der Waals surface area contributed by atoms with E-state index in [9.17, 15) is 4.79 Å². The lowest BCUT2D eigenvalue weighted by Gasteiger charge is -2.53. The monoisotopic (exact) mass is 365 g/mol. The lowest BCUT2D eigenvalue weighted by molar-refractivity contribution is -0.149. The maximum absolute atomic E-state index is 13.2. The molecule has 1 amide bonds. The van der Waals surface area contributed by atoms with E-state index in [0.717, 1.165) is 39.0 Å². The van der Waals surface area contributed by atoms with Crippen LogP contribution in [-0.2, 0) is 4.79 Å². The number of carbonyl (C=O) groups excluding carboxylic acids is 1. The van der Waals surface area contributed by atoms with Crippen molar-refractivity contribution >= 4 is 30.7 Å². The molecule has 1 saturated carbocycles. The number of nitrogens with one attached hydrogen (secondary N) is 1. The van der Waals surface area contributed by atoms with Gasteiger partial charge in [-0.15, -0.1) is 24.8 Å². The van der Waals surface area contributed by atoms with E-state index in [2.05, 4.69) is 29.1 Å². The number of carbonyl (C=O) groups is 1. The summed E-state index contributed by atoms with van der Waals surface area (Å²) in [6.45, 7) is 6.26. The van der Waals surface area contributed by atoms with Crippen molar-refractivity contribution in [2.45, 2.75) is 63.5 Å². The van der Waals surface area contributed by atoms with Crippen LogP contribution in [0, 0.1) is 5.92 Å². The van der Waals surface area contributed by atoms with Gasteiger partial charge < -0.3 is 15.1 Å². The maximum atomic E-state index is 13.2. The molecule has 6 heteroatoms. The third-order valence-electron chi connectivity index (χ3n) is 5.87. The van der Waals surface area contributed by atoms with E-state index in [0.29, 0.717) is 11.9 Å². The van der Waals surface area contributed by atoms with Crippen LogP contribution < -0.4 is 5.32 Å². The van der Waals surface area contributed by atoms with Crippen molar-refractivity contribution in [3.8, 4) is 0 Å². The minimum absolute atomic E-state index is 0. The number of nitrogens with zero attached hydrogens (tertiary/aromatic N) is 2. The molecule has 3 fully saturated rings. The van der Waals surface area contributed by atoms with Gasteiger partial charge in [0.25, 0.3) is 0 Å². The number of piperazine rings is 1. The van der Waals surface area contributed by atoms with Crippen LogP contribution in [0.25, 0.3) is 0 Å². The molecule has 2 saturated heterocycles. The zero-order valence-corrected chi connectivity index (χ0v) is 16.2. The Morgan fingerprint density at radius 3 is 2.48 bits per heavy atom. The van der Waals surface area contributed by atoms with Gasteiger partial charge in [0.05, 0.1) is 5.54 Å². The molecular weight excluding hydrogens is 333 g/mol. The molecule has 0 aromatic heterocycles. The van der Waals surface area contributed by atoms with Gasteiger partial charge in [0.1, 0.15) is 0 Å². The Kier molecular flexibility index (Phi) is 8.12. The van der Waals surface area contributed by atoms with Gasteiger partial charge in [-0.05, 0) is 46.2 Å². The van der Waals surface area contributed by atoms with Crippen molar-refractivity contribution in [2.75, 3.05) is 33.2 Å². The SMILES string of the molecule is C[C@H]1C[C@@H](C(=O)N2CCN(C)CC23CCCCC3)CCN1.Cl.Cl. The minimum atomic E-state index is 0. The van der Waals surface area contributed by atoms with E-state index in [4.69, 9.17) is 0 Å². The molecule has 1 spiro atoms. The van der Waals surface area contributed by atoms with Crippen LogP contribution in [-0.4, -0.2) is 60.5 Å². The zero-order valence-electron chi connectivity index (χ0n) is 14.6. The van der Waals surface area contributed by atoms with Crippen LogP contribution in [0.5, 0.6) is 0 Å². The summed E-state index contributed by atoms with van der Waals surface area (Å²) in [7, 11) is 2.21. The summed E-state index contributed by atoms with van der Waals surface area (Å²) < 4.78 is 0. The highest BCUT2D eigenvalue weighted by molar-refractivity contribution is 5.85. The fraction of sp³-hybridized carbons (Fsp3) is 0.941. The fourth-order valence-electron chi connectivity index (χ4n) is 4.73. The fourth-order valence-corrected chi connectivity index (χ4v) is 4.73. The summed E-state index contributed by atoms with van der Waals surface area (Å²) in [5.74, 6) is 0.710. The maximum Gasteiger partial charge on any atom is 0.226 e. The van der Waals surface area contributed by atoms with Crippen LogP contribution >= 0.6 is 24.8 Å². The van der Waals surface area contributed by atoms with E-state index < -0.39 is 0 Å².